The number of hydrogen-bond donors (Lipinski definition) is 2. The molecule has 162 valence electrons. The minimum atomic E-state index is -0.777. The van der Waals surface area contributed by atoms with Crippen molar-refractivity contribution in [3.8, 4) is 11.5 Å². The smallest absolute Gasteiger partial charge is 0.290 e. The van der Waals surface area contributed by atoms with Crippen molar-refractivity contribution < 1.29 is 24.2 Å². The van der Waals surface area contributed by atoms with Crippen LogP contribution < -0.4 is 10.2 Å². The summed E-state index contributed by atoms with van der Waals surface area (Å²) in [5, 5.41) is 20.2. The molecule has 0 fully saturated rings. The van der Waals surface area contributed by atoms with Gasteiger partial charge in [0, 0.05) is 18.2 Å². The van der Waals surface area contributed by atoms with Gasteiger partial charge in [-0.05, 0) is 64.7 Å². The molecule has 0 radical (unpaired) electrons. The molecule has 1 atom stereocenters. The fourth-order valence-electron chi connectivity index (χ4n) is 3.87. The number of methoxy groups -OCH3 is 1. The maximum absolute atomic E-state index is 13.5. The highest BCUT2D eigenvalue weighted by atomic mass is 79.9. The Kier molecular flexibility index (Phi) is 5.72. The molecule has 1 aliphatic rings. The van der Waals surface area contributed by atoms with Gasteiger partial charge < -0.3 is 24.3 Å². The van der Waals surface area contributed by atoms with Gasteiger partial charge in [-0.2, -0.15) is 0 Å². The Bertz CT molecular complexity index is 1270. The molecule has 0 bridgehead atoms. The van der Waals surface area contributed by atoms with Gasteiger partial charge in [0.1, 0.15) is 5.58 Å². The van der Waals surface area contributed by atoms with E-state index < -0.39 is 11.9 Å². The van der Waals surface area contributed by atoms with E-state index in [9.17, 15) is 19.8 Å². The maximum Gasteiger partial charge on any atom is 0.290 e. The second kappa shape index (κ2) is 8.18. The second-order valence-corrected chi connectivity index (χ2v) is 8.56. The molecule has 7 nitrogen and oxygen atoms in total. The lowest BCUT2D eigenvalue weighted by Gasteiger charge is -2.25. The van der Waals surface area contributed by atoms with E-state index in [-0.39, 0.29) is 52.4 Å². The van der Waals surface area contributed by atoms with Crippen molar-refractivity contribution in [1.82, 2.24) is 4.90 Å². The number of hydrogen-bond acceptors (Lipinski definition) is 6. The first-order valence-electron chi connectivity index (χ1n) is 9.53. The van der Waals surface area contributed by atoms with Crippen molar-refractivity contribution in [3.63, 3.8) is 0 Å². The van der Waals surface area contributed by atoms with Crippen LogP contribution in [0.5, 0.6) is 11.5 Å². The number of halogens is 2. The Hall–Kier alpha value is -2.55. The van der Waals surface area contributed by atoms with Crippen LogP contribution >= 0.6 is 27.5 Å². The zero-order valence-corrected chi connectivity index (χ0v) is 19.1. The number of carbonyl (C=O) groups excluding carboxylic acids is 1. The summed E-state index contributed by atoms with van der Waals surface area (Å²) in [5.74, 6) is -0.379. The van der Waals surface area contributed by atoms with E-state index in [0.29, 0.717) is 21.5 Å². The van der Waals surface area contributed by atoms with Gasteiger partial charge in [-0.25, -0.2) is 0 Å². The van der Waals surface area contributed by atoms with Crippen molar-refractivity contribution in [1.29, 1.82) is 0 Å². The number of amides is 1. The monoisotopic (exact) mass is 507 g/mol. The third-order valence-electron chi connectivity index (χ3n) is 5.39. The zero-order chi connectivity index (χ0) is 22.4. The number of nitrogens with zero attached hydrogens (tertiary/aromatic N) is 1. The van der Waals surface area contributed by atoms with Crippen molar-refractivity contribution in [3.05, 3.63) is 66.4 Å². The fourth-order valence-corrected chi connectivity index (χ4v) is 4.49. The van der Waals surface area contributed by atoms with Crippen LogP contribution in [-0.2, 0) is 0 Å². The van der Waals surface area contributed by atoms with Crippen molar-refractivity contribution >= 4 is 44.4 Å². The molecule has 3 aromatic rings. The first-order chi connectivity index (χ1) is 14.8. The molecule has 1 unspecified atom stereocenters. The van der Waals surface area contributed by atoms with E-state index >= 15 is 0 Å². The van der Waals surface area contributed by atoms with Crippen molar-refractivity contribution in [2.75, 3.05) is 20.3 Å². The van der Waals surface area contributed by atoms with Crippen LogP contribution in [0.15, 0.2) is 37.9 Å². The molecule has 0 aliphatic carbocycles. The van der Waals surface area contributed by atoms with Crippen LogP contribution in [0.3, 0.4) is 0 Å². The van der Waals surface area contributed by atoms with Crippen LogP contribution in [0.25, 0.3) is 11.0 Å². The Morgan fingerprint density at radius 3 is 2.68 bits per heavy atom. The number of aryl methyl sites for hydroxylation is 1. The number of carbonyl (C=O) groups is 1. The van der Waals surface area contributed by atoms with E-state index in [1.54, 1.807) is 31.2 Å². The quantitative estimate of drug-likeness (QED) is 0.537. The van der Waals surface area contributed by atoms with Gasteiger partial charge in [0.05, 0.1) is 28.6 Å². The van der Waals surface area contributed by atoms with E-state index in [4.69, 9.17) is 20.8 Å². The van der Waals surface area contributed by atoms with E-state index in [0.717, 1.165) is 5.56 Å². The number of aliphatic hydroxyl groups is 1. The van der Waals surface area contributed by atoms with E-state index in [1.807, 2.05) is 0 Å². The number of rotatable bonds is 5. The molecule has 9 heteroatoms. The number of aromatic hydroxyl groups is 1. The fraction of sp³-hybridized carbons (Fsp3) is 0.273. The topological polar surface area (TPSA) is 100 Å². The lowest BCUT2D eigenvalue weighted by atomic mass is 9.97. The summed E-state index contributed by atoms with van der Waals surface area (Å²) in [7, 11) is 1.41. The predicted octanol–water partition coefficient (Wildman–Crippen LogP) is 4.16. The molecule has 1 amide bonds. The summed E-state index contributed by atoms with van der Waals surface area (Å²) >= 11 is 9.53. The molecule has 1 aliphatic heterocycles. The molecule has 1 aromatic heterocycles. The van der Waals surface area contributed by atoms with Crippen LogP contribution in [0.4, 0.5) is 0 Å². The second-order valence-electron chi connectivity index (χ2n) is 7.30. The average molecular weight is 509 g/mol. The Labute approximate surface area is 190 Å². The number of aliphatic hydroxyl groups excluding tert-OH is 1. The van der Waals surface area contributed by atoms with Crippen molar-refractivity contribution in [2.24, 2.45) is 0 Å². The lowest BCUT2D eigenvalue weighted by molar-refractivity contribution is 0.0716. The minimum absolute atomic E-state index is 0.0367. The molecular weight excluding hydrogens is 490 g/mol. The Morgan fingerprint density at radius 1 is 1.26 bits per heavy atom. The largest absolute Gasteiger partial charge is 0.503 e. The highest BCUT2D eigenvalue weighted by Gasteiger charge is 2.43. The van der Waals surface area contributed by atoms with Gasteiger partial charge in [0.25, 0.3) is 5.91 Å². The summed E-state index contributed by atoms with van der Waals surface area (Å²) in [5.41, 5.74) is 1.40. The molecule has 4 rings (SSSR count). The van der Waals surface area contributed by atoms with Gasteiger partial charge in [-0.1, -0.05) is 11.6 Å². The van der Waals surface area contributed by atoms with Crippen LogP contribution in [-0.4, -0.2) is 41.3 Å². The highest BCUT2D eigenvalue weighted by Crippen LogP contribution is 2.43. The van der Waals surface area contributed by atoms with Gasteiger partial charge in [-0.15, -0.1) is 0 Å². The highest BCUT2D eigenvalue weighted by molar-refractivity contribution is 9.10. The van der Waals surface area contributed by atoms with E-state index in [2.05, 4.69) is 15.9 Å². The third kappa shape index (κ3) is 3.48. The number of fused-ring (bicyclic) bond motifs is 2. The molecule has 31 heavy (non-hydrogen) atoms. The summed E-state index contributed by atoms with van der Waals surface area (Å²) < 4.78 is 11.5. The van der Waals surface area contributed by atoms with Crippen LogP contribution in [0.2, 0.25) is 5.02 Å². The molecule has 2 heterocycles. The SMILES string of the molecule is COc1cc(C2c3c(oc4cc(C)c(Cl)cc4c3=O)C(=O)N2CCCO)cc(Br)c1O. The molecule has 2 aromatic carbocycles. The predicted molar refractivity (Wildman–Crippen MR) is 119 cm³/mol. The number of ether oxygens (including phenoxy) is 1. The molecule has 0 spiro atoms. The van der Waals surface area contributed by atoms with Crippen molar-refractivity contribution in [2.45, 2.75) is 19.4 Å². The number of benzene rings is 2. The third-order valence-corrected chi connectivity index (χ3v) is 6.40. The summed E-state index contributed by atoms with van der Waals surface area (Å²) in [6, 6.07) is 5.61. The summed E-state index contributed by atoms with van der Waals surface area (Å²) in [4.78, 5) is 28.2. The van der Waals surface area contributed by atoms with Gasteiger partial charge in [0.2, 0.25) is 5.76 Å². The molecule has 0 saturated carbocycles. The lowest BCUT2D eigenvalue weighted by Crippen LogP contribution is -2.31. The summed E-state index contributed by atoms with van der Waals surface area (Å²) in [6.45, 7) is 1.88. The number of phenols is 1. The van der Waals surface area contributed by atoms with E-state index in [1.165, 1.54) is 12.0 Å². The molecule has 2 N–H and O–H groups in total. The first kappa shape index (κ1) is 21.7. The van der Waals surface area contributed by atoms with Gasteiger partial charge in [-0.3, -0.25) is 9.59 Å². The zero-order valence-electron chi connectivity index (χ0n) is 16.7. The van der Waals surface area contributed by atoms with Gasteiger partial charge in [0.15, 0.2) is 16.9 Å². The number of phenolic OH excluding ortho intramolecular Hbond substituents is 1. The standard InChI is InChI=1S/C22H19BrClNO6/c1-10-6-15-12(9-14(10)24)19(27)17-18(11-7-13(23)20(28)16(8-11)30-2)25(4-3-5-26)22(29)21(17)31-15/h6-9,18,26,28H,3-5H2,1-2H3. The van der Waals surface area contributed by atoms with Crippen LogP contribution in [0.1, 0.15) is 39.7 Å². The summed E-state index contributed by atoms with van der Waals surface area (Å²) in [6.07, 6.45) is 0.325. The molecule has 0 saturated heterocycles. The maximum atomic E-state index is 13.5. The van der Waals surface area contributed by atoms with Gasteiger partial charge >= 0.3 is 0 Å². The Balaban J connectivity index is 2.01. The normalized spacial score (nSPS) is 15.6. The average Bonchev–Trinajstić information content (AvgIpc) is 3.02. The minimum Gasteiger partial charge on any atom is -0.503 e. The molecular formula is C22H19BrClNO6. The first-order valence-corrected chi connectivity index (χ1v) is 10.7. The Morgan fingerprint density at radius 2 is 2.00 bits per heavy atom. The van der Waals surface area contributed by atoms with Crippen LogP contribution in [0, 0.1) is 6.92 Å².